The zero-order chi connectivity index (χ0) is 21.2. The fourth-order valence-electron chi connectivity index (χ4n) is 4.70. The van der Waals surface area contributed by atoms with Gasteiger partial charge in [-0.25, -0.2) is 4.98 Å². The van der Waals surface area contributed by atoms with Crippen LogP contribution in [0.4, 0.5) is 5.82 Å². The van der Waals surface area contributed by atoms with Crippen LogP contribution in [0.1, 0.15) is 63.4 Å². The molecule has 30 heavy (non-hydrogen) atoms. The number of anilines is 1. The number of pyridine rings is 1. The Balaban J connectivity index is 1.44. The summed E-state index contributed by atoms with van der Waals surface area (Å²) in [7, 11) is 1.81. The van der Waals surface area contributed by atoms with E-state index < -0.39 is 0 Å². The van der Waals surface area contributed by atoms with Gasteiger partial charge in [-0.05, 0) is 37.7 Å². The number of nitrogens with two attached hydrogens (primary N) is 1. The zero-order valence-electron chi connectivity index (χ0n) is 18.4. The van der Waals surface area contributed by atoms with Gasteiger partial charge in [0.05, 0.1) is 0 Å². The predicted octanol–water partition coefficient (Wildman–Crippen LogP) is 2.81. The van der Waals surface area contributed by atoms with Crippen molar-refractivity contribution in [2.24, 2.45) is 22.6 Å². The lowest BCUT2D eigenvalue weighted by atomic mass is 9.86. The Bertz CT molecular complexity index is 693. The van der Waals surface area contributed by atoms with Crippen molar-refractivity contribution in [2.45, 2.75) is 64.3 Å². The van der Waals surface area contributed by atoms with E-state index in [4.69, 9.17) is 5.73 Å². The Hall–Kier alpha value is -2.31. The monoisotopic (exact) mass is 414 g/mol. The van der Waals surface area contributed by atoms with E-state index in [1.807, 2.05) is 19.3 Å². The summed E-state index contributed by atoms with van der Waals surface area (Å²) in [6.45, 7) is 3.25. The van der Waals surface area contributed by atoms with Crippen molar-refractivity contribution in [1.29, 1.82) is 0 Å². The van der Waals surface area contributed by atoms with Crippen LogP contribution in [0.3, 0.4) is 0 Å². The zero-order valence-corrected chi connectivity index (χ0v) is 18.4. The van der Waals surface area contributed by atoms with Crippen molar-refractivity contribution in [3.63, 3.8) is 0 Å². The minimum Gasteiger partial charge on any atom is -0.369 e. The lowest BCUT2D eigenvalue weighted by Crippen LogP contribution is -2.40. The number of amides is 1. The van der Waals surface area contributed by atoms with Crippen LogP contribution in [0, 0.1) is 11.8 Å². The Morgan fingerprint density at radius 3 is 2.67 bits per heavy atom. The van der Waals surface area contributed by atoms with Crippen LogP contribution >= 0.6 is 0 Å². The minimum atomic E-state index is -0.184. The number of piperidine rings is 1. The van der Waals surface area contributed by atoms with Gasteiger partial charge in [0.15, 0.2) is 5.96 Å². The molecule has 1 aromatic heterocycles. The molecule has 1 aromatic rings. The van der Waals surface area contributed by atoms with Crippen LogP contribution in [0.2, 0.25) is 0 Å². The Morgan fingerprint density at radius 2 is 1.97 bits per heavy atom. The number of aliphatic imine (C=N–C) groups is 1. The van der Waals surface area contributed by atoms with Gasteiger partial charge in [-0.2, -0.15) is 0 Å². The summed E-state index contributed by atoms with van der Waals surface area (Å²) in [4.78, 5) is 22.7. The summed E-state index contributed by atoms with van der Waals surface area (Å²) < 4.78 is 0. The Morgan fingerprint density at radius 1 is 1.20 bits per heavy atom. The van der Waals surface area contributed by atoms with Crippen molar-refractivity contribution in [3.05, 3.63) is 23.9 Å². The highest BCUT2D eigenvalue weighted by Gasteiger charge is 2.25. The minimum absolute atomic E-state index is 0.0109. The number of hydrogen-bond donors (Lipinski definition) is 3. The second-order valence-electron chi connectivity index (χ2n) is 8.65. The van der Waals surface area contributed by atoms with E-state index in [2.05, 4.69) is 31.6 Å². The lowest BCUT2D eigenvalue weighted by Gasteiger charge is -2.32. The summed E-state index contributed by atoms with van der Waals surface area (Å²) in [5, 5.41) is 6.88. The van der Waals surface area contributed by atoms with Crippen LogP contribution in [0.25, 0.3) is 0 Å². The molecule has 0 aromatic carbocycles. The number of nitrogens with zero attached hydrogens (tertiary/aromatic N) is 3. The number of hydrogen-bond acceptors (Lipinski definition) is 4. The normalized spacial score (nSPS) is 19.0. The number of guanidine groups is 1. The first-order valence-electron chi connectivity index (χ1n) is 11.6. The Kier molecular flexibility index (Phi) is 8.78. The molecule has 0 unspecified atom stereocenters. The molecule has 7 nitrogen and oxygen atoms in total. The van der Waals surface area contributed by atoms with E-state index in [0.717, 1.165) is 55.7 Å². The molecule has 2 heterocycles. The largest absolute Gasteiger partial charge is 0.369 e. The van der Waals surface area contributed by atoms with Crippen LogP contribution in [-0.2, 0) is 11.3 Å². The van der Waals surface area contributed by atoms with Gasteiger partial charge in [0, 0.05) is 50.9 Å². The first-order chi connectivity index (χ1) is 14.7. The third-order valence-corrected chi connectivity index (χ3v) is 6.54. The quantitative estimate of drug-likeness (QED) is 0.345. The van der Waals surface area contributed by atoms with Gasteiger partial charge in [0.1, 0.15) is 5.82 Å². The number of carbonyl (C=O) groups is 1. The van der Waals surface area contributed by atoms with E-state index in [1.165, 1.54) is 44.9 Å². The standard InChI is InChI=1S/C23H38N6O/c1-25-23(27-14-5-9-18-7-3-2-4-8-18)28-17-20-10-6-13-26-22(20)29-15-11-19(12-16-29)21(24)30/h6,10,13,18-19H,2-5,7-9,11-12,14-17H2,1H3,(H2,24,30)(H2,25,27,28). The molecule has 1 saturated heterocycles. The van der Waals surface area contributed by atoms with Gasteiger partial charge in [-0.3, -0.25) is 9.79 Å². The van der Waals surface area contributed by atoms with E-state index in [-0.39, 0.29) is 11.8 Å². The van der Waals surface area contributed by atoms with Crippen LogP contribution in [0.15, 0.2) is 23.3 Å². The number of primary amides is 1. The Labute approximate surface area is 180 Å². The highest BCUT2D eigenvalue weighted by Crippen LogP contribution is 2.27. The first-order valence-corrected chi connectivity index (χ1v) is 11.6. The molecule has 2 fully saturated rings. The molecule has 0 spiro atoms. The predicted molar refractivity (Wildman–Crippen MR) is 122 cm³/mol. The second kappa shape index (κ2) is 11.8. The third kappa shape index (κ3) is 6.61. The molecule has 1 aliphatic carbocycles. The average Bonchev–Trinajstić information content (AvgIpc) is 2.79. The molecule has 0 bridgehead atoms. The molecular weight excluding hydrogens is 376 g/mol. The molecule has 0 atom stereocenters. The maximum Gasteiger partial charge on any atom is 0.220 e. The summed E-state index contributed by atoms with van der Waals surface area (Å²) in [5.41, 5.74) is 6.61. The summed E-state index contributed by atoms with van der Waals surface area (Å²) in [6.07, 6.45) is 13.0. The maximum absolute atomic E-state index is 11.4. The fourth-order valence-corrected chi connectivity index (χ4v) is 4.70. The number of rotatable bonds is 8. The SMILES string of the molecule is CN=C(NCCCC1CCCCC1)NCc1cccnc1N1CCC(C(N)=O)CC1. The lowest BCUT2D eigenvalue weighted by molar-refractivity contribution is -0.122. The topological polar surface area (TPSA) is 95.6 Å². The molecular formula is C23H38N6O. The van der Waals surface area contributed by atoms with Gasteiger partial charge in [-0.15, -0.1) is 0 Å². The van der Waals surface area contributed by atoms with Gasteiger partial charge in [-0.1, -0.05) is 38.2 Å². The number of aromatic nitrogens is 1. The molecule has 4 N–H and O–H groups in total. The highest BCUT2D eigenvalue weighted by molar-refractivity contribution is 5.79. The molecule has 1 saturated carbocycles. The molecule has 0 radical (unpaired) electrons. The van der Waals surface area contributed by atoms with Gasteiger partial charge >= 0.3 is 0 Å². The second-order valence-corrected chi connectivity index (χ2v) is 8.65. The average molecular weight is 415 g/mol. The molecule has 7 heteroatoms. The van der Waals surface area contributed by atoms with Crippen LogP contribution in [0.5, 0.6) is 0 Å². The van der Waals surface area contributed by atoms with E-state index in [1.54, 1.807) is 0 Å². The molecule has 1 aliphatic heterocycles. The van der Waals surface area contributed by atoms with Gasteiger partial charge in [0.2, 0.25) is 5.91 Å². The first kappa shape index (κ1) is 22.4. The molecule has 166 valence electrons. The van der Waals surface area contributed by atoms with Crippen LogP contribution in [-0.4, -0.2) is 43.5 Å². The molecule has 2 aliphatic rings. The van der Waals surface area contributed by atoms with E-state index >= 15 is 0 Å². The van der Waals surface area contributed by atoms with E-state index in [0.29, 0.717) is 6.54 Å². The van der Waals surface area contributed by atoms with Crippen molar-refractivity contribution in [2.75, 3.05) is 31.6 Å². The van der Waals surface area contributed by atoms with Gasteiger partial charge in [0.25, 0.3) is 0 Å². The van der Waals surface area contributed by atoms with Crippen molar-refractivity contribution in [1.82, 2.24) is 15.6 Å². The molecule has 1 amide bonds. The smallest absolute Gasteiger partial charge is 0.220 e. The van der Waals surface area contributed by atoms with Crippen molar-refractivity contribution >= 4 is 17.7 Å². The summed E-state index contributed by atoms with van der Waals surface area (Å²) >= 11 is 0. The summed E-state index contributed by atoms with van der Waals surface area (Å²) in [5.74, 6) is 2.55. The van der Waals surface area contributed by atoms with Gasteiger partial charge < -0.3 is 21.3 Å². The maximum atomic E-state index is 11.4. The molecule has 3 rings (SSSR count). The number of nitrogens with one attached hydrogen (secondary N) is 2. The fraction of sp³-hybridized carbons (Fsp3) is 0.696. The number of carbonyl (C=O) groups excluding carboxylic acids is 1. The van der Waals surface area contributed by atoms with E-state index in [9.17, 15) is 4.79 Å². The third-order valence-electron chi connectivity index (χ3n) is 6.54. The highest BCUT2D eigenvalue weighted by atomic mass is 16.1. The van der Waals surface area contributed by atoms with Crippen molar-refractivity contribution in [3.8, 4) is 0 Å². The van der Waals surface area contributed by atoms with Crippen molar-refractivity contribution < 1.29 is 4.79 Å². The van der Waals surface area contributed by atoms with Crippen LogP contribution < -0.4 is 21.3 Å². The summed E-state index contributed by atoms with van der Waals surface area (Å²) in [6, 6.07) is 4.07.